The summed E-state index contributed by atoms with van der Waals surface area (Å²) in [6.07, 6.45) is 0. The minimum Gasteiger partial charge on any atom is -0.397 e. The number of thiophene rings is 1. The van der Waals surface area contributed by atoms with Crippen LogP contribution in [0.4, 0.5) is 5.69 Å². The number of nitrogens with zero attached hydrogens (tertiary/aromatic N) is 1. The number of hydrogen-bond acceptors (Lipinski definition) is 6. The van der Waals surface area contributed by atoms with E-state index in [0.717, 1.165) is 25.7 Å². The number of aromatic nitrogens is 1. The number of halogens is 2. The fraction of sp³-hybridized carbons (Fsp3) is 0.0526. The van der Waals surface area contributed by atoms with Gasteiger partial charge in [-0.2, -0.15) is 4.37 Å². The molecule has 2 aromatic heterocycles. The lowest BCUT2D eigenvalue weighted by Crippen LogP contribution is -2.01. The van der Waals surface area contributed by atoms with E-state index in [2.05, 4.69) is 4.37 Å². The summed E-state index contributed by atoms with van der Waals surface area (Å²) in [5.41, 5.74) is 8.57. The van der Waals surface area contributed by atoms with E-state index in [1.165, 1.54) is 22.9 Å². The highest BCUT2D eigenvalue weighted by atomic mass is 35.5. The molecule has 3 nitrogen and oxygen atoms in total. The van der Waals surface area contributed by atoms with Gasteiger partial charge in [-0.3, -0.25) is 4.79 Å². The zero-order valence-corrected chi connectivity index (χ0v) is 17.7. The van der Waals surface area contributed by atoms with Crippen LogP contribution < -0.4 is 5.73 Å². The quantitative estimate of drug-likeness (QED) is 0.269. The second-order valence-corrected chi connectivity index (χ2v) is 9.64. The smallest absolute Gasteiger partial charge is 0.205 e. The fourth-order valence-corrected chi connectivity index (χ4v) is 6.09. The highest BCUT2D eigenvalue weighted by molar-refractivity contribution is 7.98. The Balaban J connectivity index is 1.62. The molecule has 4 aromatic rings. The van der Waals surface area contributed by atoms with Crippen molar-refractivity contribution in [1.29, 1.82) is 0 Å². The van der Waals surface area contributed by atoms with Gasteiger partial charge in [-0.25, -0.2) is 0 Å². The van der Waals surface area contributed by atoms with Crippen LogP contribution in [0.2, 0.25) is 10.0 Å². The van der Waals surface area contributed by atoms with E-state index in [4.69, 9.17) is 28.9 Å². The number of thioether (sulfide) groups is 1. The van der Waals surface area contributed by atoms with Crippen molar-refractivity contribution in [2.75, 3.05) is 5.73 Å². The van der Waals surface area contributed by atoms with Gasteiger partial charge in [0.25, 0.3) is 0 Å². The number of nitrogens with two attached hydrogens (primary N) is 1. The predicted octanol–water partition coefficient (Wildman–Crippen LogP) is 6.77. The first-order valence-electron chi connectivity index (χ1n) is 7.88. The van der Waals surface area contributed by atoms with Gasteiger partial charge in [-0.15, -0.1) is 11.3 Å². The topological polar surface area (TPSA) is 56.0 Å². The van der Waals surface area contributed by atoms with Crippen LogP contribution in [0.3, 0.4) is 0 Å². The lowest BCUT2D eigenvalue weighted by molar-refractivity contribution is 0.104. The van der Waals surface area contributed by atoms with Crippen LogP contribution in [0, 0.1) is 0 Å². The molecule has 0 aliphatic carbocycles. The molecular formula is C19H12Cl2N2OS3. The van der Waals surface area contributed by atoms with E-state index in [9.17, 15) is 4.79 Å². The molecule has 136 valence electrons. The Hall–Kier alpha value is -1.57. The molecule has 0 fully saturated rings. The van der Waals surface area contributed by atoms with E-state index < -0.39 is 0 Å². The third kappa shape index (κ3) is 3.86. The van der Waals surface area contributed by atoms with Crippen LogP contribution in [0.1, 0.15) is 20.8 Å². The minimum absolute atomic E-state index is 0.0915. The van der Waals surface area contributed by atoms with Gasteiger partial charge in [0.1, 0.15) is 13.9 Å². The first-order chi connectivity index (χ1) is 13.0. The van der Waals surface area contributed by atoms with E-state index in [-0.39, 0.29) is 5.78 Å². The minimum atomic E-state index is -0.0915. The third-order valence-corrected chi connectivity index (χ3v) is 7.72. The molecule has 0 amide bonds. The predicted molar refractivity (Wildman–Crippen MR) is 118 cm³/mol. The standard InChI is InChI=1S/C19H12Cl2N2OS3/c20-12-5-1-10(2-6-12)9-25-18-14-15(22)17(26-19(14)27-23-18)16(24)11-3-7-13(21)8-4-11/h1-8H,9,22H2. The van der Waals surface area contributed by atoms with Crippen molar-refractivity contribution in [3.63, 3.8) is 0 Å². The normalized spacial score (nSPS) is 11.2. The molecule has 2 N–H and O–H groups in total. The van der Waals surface area contributed by atoms with Crippen molar-refractivity contribution >= 4 is 78.7 Å². The number of benzene rings is 2. The summed E-state index contributed by atoms with van der Waals surface area (Å²) in [5, 5.41) is 3.04. The Morgan fingerprint density at radius 2 is 1.67 bits per heavy atom. The molecule has 27 heavy (non-hydrogen) atoms. The molecule has 0 saturated carbocycles. The Morgan fingerprint density at radius 1 is 1.04 bits per heavy atom. The molecule has 0 aliphatic heterocycles. The summed E-state index contributed by atoms with van der Waals surface area (Å²) in [5.74, 6) is 0.664. The molecule has 0 radical (unpaired) electrons. The zero-order valence-electron chi connectivity index (χ0n) is 13.7. The van der Waals surface area contributed by atoms with E-state index >= 15 is 0 Å². The Kier molecular flexibility index (Phi) is 5.43. The number of anilines is 1. The highest BCUT2D eigenvalue weighted by Gasteiger charge is 2.22. The van der Waals surface area contributed by atoms with Gasteiger partial charge < -0.3 is 5.73 Å². The number of ketones is 1. The first-order valence-corrected chi connectivity index (χ1v) is 11.2. The van der Waals surface area contributed by atoms with Gasteiger partial charge in [0.15, 0.2) is 0 Å². The van der Waals surface area contributed by atoms with Gasteiger partial charge in [0.05, 0.1) is 11.1 Å². The first kappa shape index (κ1) is 18.8. The van der Waals surface area contributed by atoms with Crippen LogP contribution in [0.5, 0.6) is 0 Å². The average Bonchev–Trinajstić information content (AvgIpc) is 3.22. The second kappa shape index (κ2) is 7.81. The summed E-state index contributed by atoms with van der Waals surface area (Å²) in [6, 6.07) is 14.6. The molecule has 2 heterocycles. The molecule has 0 bridgehead atoms. The number of hydrogen-bond donors (Lipinski definition) is 1. The zero-order chi connectivity index (χ0) is 19.0. The molecule has 8 heteroatoms. The van der Waals surface area contributed by atoms with Crippen LogP contribution in [0.25, 0.3) is 9.40 Å². The lowest BCUT2D eigenvalue weighted by Gasteiger charge is -2.02. The maximum atomic E-state index is 12.8. The number of carbonyl (C=O) groups excluding carboxylic acids is 1. The van der Waals surface area contributed by atoms with Crippen molar-refractivity contribution in [3.05, 3.63) is 74.6 Å². The highest BCUT2D eigenvalue weighted by Crippen LogP contribution is 2.43. The molecule has 4 rings (SSSR count). The fourth-order valence-electron chi connectivity index (χ4n) is 2.55. The van der Waals surface area contributed by atoms with E-state index in [0.29, 0.717) is 26.2 Å². The van der Waals surface area contributed by atoms with Crippen molar-refractivity contribution in [2.24, 2.45) is 0 Å². The lowest BCUT2D eigenvalue weighted by atomic mass is 10.1. The molecule has 0 atom stereocenters. The van der Waals surface area contributed by atoms with Crippen LogP contribution in [0.15, 0.2) is 53.6 Å². The Labute approximate surface area is 178 Å². The van der Waals surface area contributed by atoms with Gasteiger partial charge in [-0.1, -0.05) is 47.1 Å². The van der Waals surface area contributed by atoms with Crippen molar-refractivity contribution in [2.45, 2.75) is 10.8 Å². The third-order valence-electron chi connectivity index (χ3n) is 3.94. The van der Waals surface area contributed by atoms with Gasteiger partial charge >= 0.3 is 0 Å². The maximum Gasteiger partial charge on any atom is 0.205 e. The number of rotatable bonds is 5. The van der Waals surface area contributed by atoms with E-state index in [1.54, 1.807) is 36.0 Å². The molecular weight excluding hydrogens is 439 g/mol. The van der Waals surface area contributed by atoms with Crippen LogP contribution in [-0.2, 0) is 5.75 Å². The summed E-state index contributed by atoms with van der Waals surface area (Å²) < 4.78 is 5.48. The number of fused-ring (bicyclic) bond motifs is 1. The van der Waals surface area contributed by atoms with E-state index in [1.807, 2.05) is 24.3 Å². The van der Waals surface area contributed by atoms with Gasteiger partial charge in [-0.05, 0) is 53.5 Å². The number of nitrogen functional groups attached to an aromatic ring is 1. The summed E-state index contributed by atoms with van der Waals surface area (Å²) >= 11 is 16.2. The monoisotopic (exact) mass is 450 g/mol. The van der Waals surface area contributed by atoms with Gasteiger partial charge in [0.2, 0.25) is 5.78 Å². The van der Waals surface area contributed by atoms with Crippen LogP contribution >= 0.6 is 57.8 Å². The average molecular weight is 451 g/mol. The molecule has 0 aliphatic rings. The summed E-state index contributed by atoms with van der Waals surface area (Å²) in [7, 11) is 0. The molecule has 0 saturated heterocycles. The maximum absolute atomic E-state index is 12.8. The SMILES string of the molecule is Nc1c(C(=O)c2ccc(Cl)cc2)sc2snc(SCc3ccc(Cl)cc3)c12. The van der Waals surface area contributed by atoms with Crippen molar-refractivity contribution in [1.82, 2.24) is 4.37 Å². The molecule has 0 spiro atoms. The summed E-state index contributed by atoms with van der Waals surface area (Å²) in [6.45, 7) is 0. The Bertz CT molecular complexity index is 1120. The Morgan fingerprint density at radius 3 is 2.33 bits per heavy atom. The van der Waals surface area contributed by atoms with Crippen molar-refractivity contribution < 1.29 is 4.79 Å². The van der Waals surface area contributed by atoms with Crippen molar-refractivity contribution in [3.8, 4) is 0 Å². The largest absolute Gasteiger partial charge is 0.397 e. The second-order valence-electron chi connectivity index (χ2n) is 5.75. The summed E-state index contributed by atoms with van der Waals surface area (Å²) in [4.78, 5) is 13.4. The molecule has 2 aromatic carbocycles. The van der Waals surface area contributed by atoms with Gasteiger partial charge in [0, 0.05) is 21.4 Å². The molecule has 0 unspecified atom stereocenters. The number of carbonyl (C=O) groups is 1. The van der Waals surface area contributed by atoms with Crippen LogP contribution in [-0.4, -0.2) is 10.2 Å².